The summed E-state index contributed by atoms with van der Waals surface area (Å²) in [6, 6.07) is 9.34. The van der Waals surface area contributed by atoms with Gasteiger partial charge in [0.15, 0.2) is 0 Å². The molecule has 1 amide bonds. The van der Waals surface area contributed by atoms with Crippen molar-refractivity contribution in [2.24, 2.45) is 12.8 Å². The van der Waals surface area contributed by atoms with Crippen LogP contribution < -0.4 is 5.73 Å². The van der Waals surface area contributed by atoms with Gasteiger partial charge < -0.3 is 10.3 Å². The molecule has 1 unspecified atom stereocenters. The number of fused-ring (bicyclic) bond motifs is 1. The number of nitrogens with zero attached hydrogens (tertiary/aromatic N) is 2. The molecule has 0 aliphatic heterocycles. The lowest BCUT2D eigenvalue weighted by molar-refractivity contribution is 0.0992. The van der Waals surface area contributed by atoms with E-state index in [1.165, 1.54) is 22.4 Å². The Labute approximate surface area is 147 Å². The lowest BCUT2D eigenvalue weighted by Gasteiger charge is -2.28. The minimum atomic E-state index is -3.69. The van der Waals surface area contributed by atoms with Crippen molar-refractivity contribution >= 4 is 15.9 Å². The fourth-order valence-electron chi connectivity index (χ4n) is 3.79. The summed E-state index contributed by atoms with van der Waals surface area (Å²) < 4.78 is 29.9. The van der Waals surface area contributed by atoms with E-state index in [1.807, 2.05) is 18.2 Å². The van der Waals surface area contributed by atoms with Crippen LogP contribution in [-0.2, 0) is 23.5 Å². The molecule has 25 heavy (non-hydrogen) atoms. The lowest BCUT2D eigenvalue weighted by Crippen LogP contribution is -2.35. The third kappa shape index (κ3) is 2.67. The normalized spacial score (nSPS) is 20.0. The topological polar surface area (TPSA) is 85.4 Å². The molecule has 2 aliphatic rings. The summed E-state index contributed by atoms with van der Waals surface area (Å²) in [5.41, 5.74) is 7.85. The predicted molar refractivity (Wildman–Crippen MR) is 93.5 cm³/mol. The van der Waals surface area contributed by atoms with Gasteiger partial charge in [-0.1, -0.05) is 24.3 Å². The summed E-state index contributed by atoms with van der Waals surface area (Å²) in [7, 11) is -2.06. The first-order valence-electron chi connectivity index (χ1n) is 8.47. The van der Waals surface area contributed by atoms with E-state index in [4.69, 9.17) is 5.73 Å². The van der Waals surface area contributed by atoms with Gasteiger partial charge in [0.25, 0.3) is 5.91 Å². The highest BCUT2D eigenvalue weighted by Crippen LogP contribution is 2.45. The predicted octanol–water partition coefficient (Wildman–Crippen LogP) is 1.96. The molecule has 2 aliphatic carbocycles. The van der Waals surface area contributed by atoms with Crippen molar-refractivity contribution in [2.75, 3.05) is 0 Å². The molecule has 1 atom stereocenters. The third-order valence-electron chi connectivity index (χ3n) is 5.12. The zero-order valence-corrected chi connectivity index (χ0v) is 14.9. The average Bonchev–Trinajstić information content (AvgIpc) is 3.16. The molecule has 6 nitrogen and oxygen atoms in total. The van der Waals surface area contributed by atoms with E-state index in [0.717, 1.165) is 31.2 Å². The van der Waals surface area contributed by atoms with Crippen LogP contribution >= 0.6 is 0 Å². The minimum absolute atomic E-state index is 0.0402. The Kier molecular flexibility index (Phi) is 3.73. The van der Waals surface area contributed by atoms with E-state index in [9.17, 15) is 13.2 Å². The van der Waals surface area contributed by atoms with Crippen LogP contribution in [-0.4, -0.2) is 29.2 Å². The first kappa shape index (κ1) is 16.4. The minimum Gasteiger partial charge on any atom is -0.364 e. The molecule has 0 saturated heterocycles. The summed E-state index contributed by atoms with van der Waals surface area (Å²) in [6.07, 6.45) is 4.93. The van der Waals surface area contributed by atoms with Crippen LogP contribution in [0.15, 0.2) is 41.4 Å². The highest BCUT2D eigenvalue weighted by atomic mass is 32.2. The second kappa shape index (κ2) is 5.71. The first-order valence-corrected chi connectivity index (χ1v) is 9.91. The molecule has 0 radical (unpaired) electrons. The molecule has 0 bridgehead atoms. The maximum Gasteiger partial charge on any atom is 0.265 e. The highest BCUT2D eigenvalue weighted by molar-refractivity contribution is 7.89. The summed E-state index contributed by atoms with van der Waals surface area (Å²) in [5, 5.41) is 0. The van der Waals surface area contributed by atoms with Crippen LogP contribution in [0.5, 0.6) is 0 Å². The maximum atomic E-state index is 13.4. The molecule has 1 heterocycles. The van der Waals surface area contributed by atoms with Crippen LogP contribution in [0.3, 0.4) is 0 Å². The smallest absolute Gasteiger partial charge is 0.265 e. The number of nitrogens with two attached hydrogens (primary N) is 1. The molecule has 1 saturated carbocycles. The molecule has 1 aromatic carbocycles. The maximum absolute atomic E-state index is 13.4. The summed E-state index contributed by atoms with van der Waals surface area (Å²) in [4.78, 5) is 11.6. The van der Waals surface area contributed by atoms with E-state index in [-0.39, 0.29) is 22.7 Å². The average molecular weight is 359 g/mol. The number of rotatable bonds is 5. The van der Waals surface area contributed by atoms with E-state index in [2.05, 4.69) is 6.07 Å². The fraction of sp³-hybridized carbons (Fsp3) is 0.389. The molecule has 132 valence electrons. The van der Waals surface area contributed by atoms with Gasteiger partial charge in [0.05, 0.1) is 6.04 Å². The number of aryl methyl sites for hydroxylation is 2. The van der Waals surface area contributed by atoms with Gasteiger partial charge in [0.1, 0.15) is 10.6 Å². The number of amides is 1. The van der Waals surface area contributed by atoms with Gasteiger partial charge in [-0.05, 0) is 42.9 Å². The molecule has 4 rings (SSSR count). The van der Waals surface area contributed by atoms with E-state index in [0.29, 0.717) is 0 Å². The van der Waals surface area contributed by atoms with Gasteiger partial charge in [0, 0.05) is 19.3 Å². The van der Waals surface area contributed by atoms with Gasteiger partial charge in [-0.2, -0.15) is 4.31 Å². The van der Waals surface area contributed by atoms with Crippen LogP contribution in [0.25, 0.3) is 0 Å². The Morgan fingerprint density at radius 3 is 2.60 bits per heavy atom. The lowest BCUT2D eigenvalue weighted by atomic mass is 10.1. The van der Waals surface area contributed by atoms with Gasteiger partial charge >= 0.3 is 0 Å². The quantitative estimate of drug-likeness (QED) is 0.885. The third-order valence-corrected chi connectivity index (χ3v) is 7.05. The second-order valence-electron chi connectivity index (χ2n) is 6.86. The number of carbonyl (C=O) groups excluding carboxylic acids is 1. The fourth-order valence-corrected chi connectivity index (χ4v) is 5.74. The van der Waals surface area contributed by atoms with Crippen LogP contribution in [0.1, 0.15) is 46.9 Å². The number of primary amides is 1. The van der Waals surface area contributed by atoms with E-state index in [1.54, 1.807) is 11.4 Å². The van der Waals surface area contributed by atoms with Gasteiger partial charge in [-0.25, -0.2) is 8.42 Å². The van der Waals surface area contributed by atoms with E-state index >= 15 is 0 Å². The molecular formula is C18H21N3O3S. The van der Waals surface area contributed by atoms with Crippen LogP contribution in [0, 0.1) is 0 Å². The van der Waals surface area contributed by atoms with Crippen molar-refractivity contribution in [3.63, 3.8) is 0 Å². The first-order chi connectivity index (χ1) is 11.9. The Hall–Kier alpha value is -2.12. The number of hydrogen-bond donors (Lipinski definition) is 1. The number of sulfonamides is 1. The Morgan fingerprint density at radius 1 is 1.24 bits per heavy atom. The van der Waals surface area contributed by atoms with Crippen LogP contribution in [0.4, 0.5) is 0 Å². The number of aromatic nitrogens is 1. The van der Waals surface area contributed by atoms with E-state index < -0.39 is 15.9 Å². The molecule has 0 spiro atoms. The standard InChI is InChI=1S/C18H21N3O3S/c1-20-11-14(10-17(20)18(19)22)25(23,24)21(13-7-8-13)16-9-6-12-4-2-3-5-15(12)16/h2-5,10-11,13,16H,6-9H2,1H3,(H2,19,22). The number of carbonyl (C=O) groups is 1. The highest BCUT2D eigenvalue weighted by Gasteiger charge is 2.45. The van der Waals surface area contributed by atoms with Gasteiger partial charge in [0.2, 0.25) is 10.0 Å². The SMILES string of the molecule is Cn1cc(S(=O)(=O)N(C2CC2)C2CCc3ccccc32)cc1C(N)=O. The Morgan fingerprint density at radius 2 is 1.96 bits per heavy atom. The van der Waals surface area contributed by atoms with Crippen molar-refractivity contribution < 1.29 is 13.2 Å². The summed E-state index contributed by atoms with van der Waals surface area (Å²) in [5.74, 6) is -0.631. The monoisotopic (exact) mass is 359 g/mol. The number of benzene rings is 1. The van der Waals surface area contributed by atoms with Gasteiger partial charge in [-0.3, -0.25) is 4.79 Å². The molecule has 2 aromatic rings. The van der Waals surface area contributed by atoms with Crippen molar-refractivity contribution in [3.8, 4) is 0 Å². The Balaban J connectivity index is 1.77. The zero-order chi connectivity index (χ0) is 17.8. The summed E-state index contributed by atoms with van der Waals surface area (Å²) in [6.45, 7) is 0. The molecule has 7 heteroatoms. The molecule has 2 N–H and O–H groups in total. The van der Waals surface area contributed by atoms with Crippen molar-refractivity contribution in [1.82, 2.24) is 8.87 Å². The second-order valence-corrected chi connectivity index (χ2v) is 8.70. The molecular weight excluding hydrogens is 338 g/mol. The largest absolute Gasteiger partial charge is 0.364 e. The summed E-state index contributed by atoms with van der Waals surface area (Å²) >= 11 is 0. The number of hydrogen-bond acceptors (Lipinski definition) is 3. The Bertz CT molecular complexity index is 944. The van der Waals surface area contributed by atoms with Crippen molar-refractivity contribution in [1.29, 1.82) is 0 Å². The zero-order valence-electron chi connectivity index (χ0n) is 14.1. The molecule has 1 aromatic heterocycles. The van der Waals surface area contributed by atoms with Gasteiger partial charge in [-0.15, -0.1) is 0 Å². The molecule has 1 fully saturated rings. The van der Waals surface area contributed by atoms with Crippen molar-refractivity contribution in [2.45, 2.75) is 42.7 Å². The van der Waals surface area contributed by atoms with Crippen LogP contribution in [0.2, 0.25) is 0 Å². The van der Waals surface area contributed by atoms with Crippen molar-refractivity contribution in [3.05, 3.63) is 53.3 Å².